The largest absolute Gasteiger partial charge is 0.480 e. The van der Waals surface area contributed by atoms with E-state index in [0.29, 0.717) is 36.9 Å². The quantitative estimate of drug-likeness (QED) is 0.134. The summed E-state index contributed by atoms with van der Waals surface area (Å²) in [6.45, 7) is 7.32. The Labute approximate surface area is 287 Å². The summed E-state index contributed by atoms with van der Waals surface area (Å²) in [4.78, 5) is 43.8. The van der Waals surface area contributed by atoms with Gasteiger partial charge in [-0.1, -0.05) is 55.7 Å². The monoisotopic (exact) mass is 691 g/mol. The summed E-state index contributed by atoms with van der Waals surface area (Å²) >= 11 is 9.55. The number of unbranched alkanes of at least 4 members (excludes halogenated alkanes) is 4. The van der Waals surface area contributed by atoms with Crippen LogP contribution in [0.2, 0.25) is 0 Å². The molecule has 2 aromatic carbocycles. The number of nitrogens with zero attached hydrogens (tertiary/aromatic N) is 3. The summed E-state index contributed by atoms with van der Waals surface area (Å²) in [6, 6.07) is 15.7. The van der Waals surface area contributed by atoms with Gasteiger partial charge in [-0.25, -0.2) is 0 Å². The molecule has 0 bridgehead atoms. The van der Waals surface area contributed by atoms with E-state index in [-0.39, 0.29) is 5.91 Å². The third-order valence-corrected chi connectivity index (χ3v) is 12.7. The van der Waals surface area contributed by atoms with Gasteiger partial charge in [-0.3, -0.25) is 23.9 Å². The SMILES string of the molecule is [CH]CCCCCCSc1ccc(N2c3ccc(/C=c4\s/c(=C5/SC(=S)N(CC)C5=O)n(CC(=O)O)c4=O)cc3C3CCCC32)cc1. The highest BCUT2D eigenvalue weighted by Gasteiger charge is 2.42. The number of hydrogen-bond donors (Lipinski definition) is 1. The Balaban J connectivity index is 1.30. The summed E-state index contributed by atoms with van der Waals surface area (Å²) < 4.78 is 2.33. The van der Waals surface area contributed by atoms with Crippen molar-refractivity contribution in [3.8, 4) is 0 Å². The van der Waals surface area contributed by atoms with Crippen molar-refractivity contribution in [2.24, 2.45) is 0 Å². The molecular weight excluding hydrogens is 655 g/mol. The lowest BCUT2D eigenvalue weighted by Crippen LogP contribution is -2.35. The van der Waals surface area contributed by atoms with Gasteiger partial charge in [0.05, 0.1) is 4.53 Å². The second-order valence-corrected chi connectivity index (χ2v) is 15.6. The van der Waals surface area contributed by atoms with Crippen LogP contribution in [0.4, 0.5) is 11.4 Å². The molecule has 11 heteroatoms. The van der Waals surface area contributed by atoms with E-state index in [1.54, 1.807) is 0 Å². The number of aromatic nitrogens is 1. The second kappa shape index (κ2) is 14.5. The Hall–Kier alpha value is -2.86. The molecule has 2 fully saturated rings. The van der Waals surface area contributed by atoms with Gasteiger partial charge in [-0.2, -0.15) is 0 Å². The summed E-state index contributed by atoms with van der Waals surface area (Å²) in [5.41, 5.74) is 4.17. The molecule has 1 amide bonds. The average molecular weight is 692 g/mol. The molecule has 2 unspecified atom stereocenters. The number of rotatable bonds is 12. The van der Waals surface area contributed by atoms with Crippen LogP contribution in [0, 0.1) is 6.92 Å². The number of carbonyl (C=O) groups is 2. The molecule has 0 spiro atoms. The Kier molecular flexibility index (Phi) is 10.4. The van der Waals surface area contributed by atoms with Gasteiger partial charge < -0.3 is 10.0 Å². The summed E-state index contributed by atoms with van der Waals surface area (Å²) in [6.07, 6.45) is 10.8. The zero-order valence-corrected chi connectivity index (χ0v) is 29.0. The lowest BCUT2D eigenvalue weighted by Gasteiger charge is -2.27. The highest BCUT2D eigenvalue weighted by molar-refractivity contribution is 8.30. The maximum Gasteiger partial charge on any atom is 0.323 e. The van der Waals surface area contributed by atoms with Crippen LogP contribution in [-0.4, -0.2) is 49.1 Å². The molecule has 1 N–H and O–H groups in total. The van der Waals surface area contributed by atoms with E-state index in [1.807, 2.05) is 30.8 Å². The van der Waals surface area contributed by atoms with E-state index in [0.717, 1.165) is 60.1 Å². The molecule has 1 aromatic heterocycles. The molecule has 3 heterocycles. The van der Waals surface area contributed by atoms with E-state index in [9.17, 15) is 19.5 Å². The number of carboxylic acids is 1. The number of hydrogen-bond acceptors (Lipinski definition) is 8. The van der Waals surface area contributed by atoms with Crippen LogP contribution in [0.15, 0.2) is 52.2 Å². The third-order valence-electron chi connectivity index (χ3n) is 8.86. The topological polar surface area (TPSA) is 82.8 Å². The van der Waals surface area contributed by atoms with Gasteiger partial charge >= 0.3 is 5.97 Å². The summed E-state index contributed by atoms with van der Waals surface area (Å²) in [5, 5.41) is 9.56. The van der Waals surface area contributed by atoms with Crippen molar-refractivity contribution >= 4 is 85.6 Å². The fraction of sp³-hybridized carbons (Fsp3) is 0.400. The first-order valence-electron chi connectivity index (χ1n) is 15.9. The number of amides is 1. The maximum absolute atomic E-state index is 13.5. The fourth-order valence-electron chi connectivity index (χ4n) is 6.71. The van der Waals surface area contributed by atoms with Gasteiger partial charge in [-0.15, -0.1) is 23.1 Å². The van der Waals surface area contributed by atoms with Crippen molar-refractivity contribution in [2.75, 3.05) is 17.2 Å². The highest BCUT2D eigenvalue weighted by Crippen LogP contribution is 2.52. The van der Waals surface area contributed by atoms with E-state index in [1.165, 1.54) is 57.0 Å². The van der Waals surface area contributed by atoms with Gasteiger partial charge in [0.15, 0.2) is 0 Å². The number of thiazole rings is 1. The molecule has 3 aliphatic rings. The van der Waals surface area contributed by atoms with Crippen LogP contribution in [0.1, 0.15) is 75.3 Å². The standard InChI is InChI=1S/C35H37N3O4S4/c1-3-5-6-7-8-18-44-24-15-13-23(14-16-24)38-27-11-9-10-25(27)26-19-22(12-17-28(26)38)20-29-32(41)37(21-30(39)40)34(45-29)31-33(42)36(4-2)35(43)46-31/h1,12-17,19-20,25,27H,3-11,18,21H2,2H3,(H,39,40)/b29-20-,34-31+. The van der Waals surface area contributed by atoms with Crippen molar-refractivity contribution in [1.29, 1.82) is 0 Å². The van der Waals surface area contributed by atoms with E-state index >= 15 is 0 Å². The summed E-state index contributed by atoms with van der Waals surface area (Å²) in [5.74, 6) is 0.0949. The molecule has 6 rings (SSSR count). The van der Waals surface area contributed by atoms with Gasteiger partial charge in [0.2, 0.25) is 0 Å². The van der Waals surface area contributed by atoms with Crippen LogP contribution in [0.5, 0.6) is 0 Å². The number of carboxylic acid groups (broad SMARTS) is 1. The van der Waals surface area contributed by atoms with E-state index in [2.05, 4.69) is 41.3 Å². The Morgan fingerprint density at radius 1 is 1.11 bits per heavy atom. The highest BCUT2D eigenvalue weighted by atomic mass is 32.2. The predicted molar refractivity (Wildman–Crippen MR) is 194 cm³/mol. The lowest BCUT2D eigenvalue weighted by molar-refractivity contribution is -0.137. The lowest BCUT2D eigenvalue weighted by atomic mass is 9.96. The molecule has 46 heavy (non-hydrogen) atoms. The normalized spacial score (nSPS) is 20.6. The van der Waals surface area contributed by atoms with E-state index in [4.69, 9.17) is 19.1 Å². The van der Waals surface area contributed by atoms with Gasteiger partial charge in [0.25, 0.3) is 11.5 Å². The molecule has 7 nitrogen and oxygen atoms in total. The molecular formula is C35H37N3O4S4. The molecule has 3 aromatic rings. The Bertz CT molecular complexity index is 1830. The first-order valence-corrected chi connectivity index (χ1v) is 18.9. The van der Waals surface area contributed by atoms with E-state index < -0.39 is 18.1 Å². The Morgan fingerprint density at radius 3 is 2.61 bits per heavy atom. The number of carbonyl (C=O) groups excluding carboxylic acids is 1. The number of thioether (sulfide) groups is 2. The number of benzene rings is 2. The van der Waals surface area contributed by atoms with Crippen molar-refractivity contribution in [3.05, 3.63) is 80.1 Å². The number of fused-ring (bicyclic) bond motifs is 3. The molecule has 1 saturated carbocycles. The first-order chi connectivity index (χ1) is 22.3. The molecule has 240 valence electrons. The van der Waals surface area contributed by atoms with Crippen molar-refractivity contribution < 1.29 is 14.7 Å². The molecule has 1 aliphatic carbocycles. The number of anilines is 2. The minimum absolute atomic E-state index is 0.292. The molecule has 1 saturated heterocycles. The molecule has 2 radical (unpaired) electrons. The van der Waals surface area contributed by atoms with Crippen LogP contribution in [0.3, 0.4) is 0 Å². The average Bonchev–Trinajstić information content (AvgIpc) is 3.78. The smallest absolute Gasteiger partial charge is 0.323 e. The minimum Gasteiger partial charge on any atom is -0.480 e. The van der Waals surface area contributed by atoms with Crippen molar-refractivity contribution in [1.82, 2.24) is 9.47 Å². The van der Waals surface area contributed by atoms with Crippen LogP contribution < -0.4 is 19.7 Å². The van der Waals surface area contributed by atoms with Crippen molar-refractivity contribution in [2.45, 2.75) is 81.7 Å². The van der Waals surface area contributed by atoms with Gasteiger partial charge in [0, 0.05) is 34.8 Å². The molecule has 2 aliphatic heterocycles. The van der Waals surface area contributed by atoms with Crippen LogP contribution in [0.25, 0.3) is 11.0 Å². The predicted octanol–water partition coefficient (Wildman–Crippen LogP) is 6.35. The fourth-order valence-corrected chi connectivity index (χ4v) is 10.3. The van der Waals surface area contributed by atoms with Crippen LogP contribution >= 0.6 is 47.1 Å². The number of aliphatic carboxylic acids is 1. The molecule has 2 atom stereocenters. The zero-order valence-electron chi connectivity index (χ0n) is 25.8. The summed E-state index contributed by atoms with van der Waals surface area (Å²) in [7, 11) is 0. The van der Waals surface area contributed by atoms with Crippen molar-refractivity contribution in [3.63, 3.8) is 0 Å². The number of thiocarbonyl (C=S) groups is 1. The van der Waals surface area contributed by atoms with Gasteiger partial charge in [-0.05, 0) is 98.9 Å². The Morgan fingerprint density at radius 2 is 1.89 bits per heavy atom. The van der Waals surface area contributed by atoms with Gasteiger partial charge in [0.1, 0.15) is 20.4 Å². The zero-order chi connectivity index (χ0) is 32.4. The minimum atomic E-state index is -1.14. The second-order valence-electron chi connectivity index (χ2n) is 11.8. The van der Waals surface area contributed by atoms with Crippen LogP contribution in [-0.2, 0) is 16.1 Å². The maximum atomic E-state index is 13.5. The third kappa shape index (κ3) is 6.61. The first kappa shape index (κ1) is 33.1.